The average Bonchev–Trinajstić information content (AvgIpc) is 3.10. The minimum atomic E-state index is 0.368. The Morgan fingerprint density at radius 1 is 1.23 bits per heavy atom. The number of nitrogens with one attached hydrogen (secondary N) is 1. The standard InChI is InChI=1S/C18H22N4/c1-2-5-14(6-3-1)12-22-10-8-16-15(13-22)11-20-18(21-16)17-7-4-9-19-17/h1-3,5-6,11,17,19H,4,7-10,12-13H2/t17-/m0/s1. The van der Waals surface area contributed by atoms with Crippen molar-refractivity contribution in [2.75, 3.05) is 13.1 Å². The van der Waals surface area contributed by atoms with Crippen molar-refractivity contribution in [2.45, 2.75) is 38.4 Å². The summed E-state index contributed by atoms with van der Waals surface area (Å²) in [5, 5.41) is 3.49. The number of nitrogens with zero attached hydrogens (tertiary/aromatic N) is 3. The molecule has 114 valence electrons. The maximum absolute atomic E-state index is 4.84. The monoisotopic (exact) mass is 294 g/mol. The number of hydrogen-bond acceptors (Lipinski definition) is 4. The Morgan fingerprint density at radius 2 is 2.14 bits per heavy atom. The molecule has 2 aliphatic rings. The Kier molecular flexibility index (Phi) is 3.87. The van der Waals surface area contributed by atoms with Crippen LogP contribution in [0.25, 0.3) is 0 Å². The van der Waals surface area contributed by atoms with Gasteiger partial charge in [0.1, 0.15) is 5.82 Å². The number of aromatic nitrogens is 2. The van der Waals surface area contributed by atoms with Crippen molar-refractivity contribution in [3.63, 3.8) is 0 Å². The lowest BCUT2D eigenvalue weighted by Gasteiger charge is -2.28. The molecular weight excluding hydrogens is 272 g/mol. The van der Waals surface area contributed by atoms with Crippen LogP contribution < -0.4 is 5.32 Å². The highest BCUT2D eigenvalue weighted by Crippen LogP contribution is 2.23. The third kappa shape index (κ3) is 2.89. The third-order valence-corrected chi connectivity index (χ3v) is 4.65. The first kappa shape index (κ1) is 13.9. The fourth-order valence-electron chi connectivity index (χ4n) is 3.44. The van der Waals surface area contributed by atoms with Crippen LogP contribution >= 0.6 is 0 Å². The second kappa shape index (κ2) is 6.15. The molecule has 0 saturated carbocycles. The van der Waals surface area contributed by atoms with Crippen LogP contribution in [-0.2, 0) is 19.5 Å². The molecule has 0 radical (unpaired) electrons. The zero-order valence-corrected chi connectivity index (χ0v) is 12.8. The molecule has 0 spiro atoms. The first-order valence-corrected chi connectivity index (χ1v) is 8.23. The molecule has 0 amide bonds. The van der Waals surface area contributed by atoms with Gasteiger partial charge in [-0.25, -0.2) is 9.97 Å². The fraction of sp³-hybridized carbons (Fsp3) is 0.444. The van der Waals surface area contributed by atoms with Crippen molar-refractivity contribution in [3.05, 3.63) is 59.2 Å². The van der Waals surface area contributed by atoms with Gasteiger partial charge in [0.15, 0.2) is 0 Å². The van der Waals surface area contributed by atoms with E-state index in [-0.39, 0.29) is 0 Å². The Morgan fingerprint density at radius 3 is 2.95 bits per heavy atom. The summed E-state index contributed by atoms with van der Waals surface area (Å²) >= 11 is 0. The highest BCUT2D eigenvalue weighted by atomic mass is 15.1. The fourth-order valence-corrected chi connectivity index (χ4v) is 3.44. The zero-order valence-electron chi connectivity index (χ0n) is 12.8. The van der Waals surface area contributed by atoms with Gasteiger partial charge in [-0.2, -0.15) is 0 Å². The van der Waals surface area contributed by atoms with E-state index in [0.29, 0.717) is 6.04 Å². The van der Waals surface area contributed by atoms with Crippen LogP contribution in [0, 0.1) is 0 Å². The highest BCUT2D eigenvalue weighted by molar-refractivity contribution is 5.22. The van der Waals surface area contributed by atoms with Crippen LogP contribution in [0.2, 0.25) is 0 Å². The molecule has 0 bridgehead atoms. The highest BCUT2D eigenvalue weighted by Gasteiger charge is 2.23. The molecule has 1 saturated heterocycles. The summed E-state index contributed by atoms with van der Waals surface area (Å²) in [4.78, 5) is 11.9. The maximum atomic E-state index is 4.84. The predicted octanol–water partition coefficient (Wildman–Crippen LogP) is 2.46. The first-order valence-electron chi connectivity index (χ1n) is 8.23. The van der Waals surface area contributed by atoms with Gasteiger partial charge in [0.2, 0.25) is 0 Å². The van der Waals surface area contributed by atoms with E-state index in [1.807, 2.05) is 0 Å². The molecule has 0 aliphatic carbocycles. The van der Waals surface area contributed by atoms with Gasteiger partial charge in [-0.3, -0.25) is 4.90 Å². The molecule has 1 fully saturated rings. The van der Waals surface area contributed by atoms with Crippen LogP contribution in [0.5, 0.6) is 0 Å². The van der Waals surface area contributed by atoms with Gasteiger partial charge >= 0.3 is 0 Å². The molecule has 1 aromatic carbocycles. The van der Waals surface area contributed by atoms with E-state index in [1.54, 1.807) is 0 Å². The lowest BCUT2D eigenvalue weighted by Crippen LogP contribution is -2.31. The molecule has 4 rings (SSSR count). The molecule has 4 nitrogen and oxygen atoms in total. The lowest BCUT2D eigenvalue weighted by molar-refractivity contribution is 0.242. The molecule has 1 atom stereocenters. The van der Waals surface area contributed by atoms with Gasteiger partial charge in [0, 0.05) is 43.5 Å². The van der Waals surface area contributed by atoms with Gasteiger partial charge in [-0.05, 0) is 24.9 Å². The summed E-state index contributed by atoms with van der Waals surface area (Å²) < 4.78 is 0. The van der Waals surface area contributed by atoms with Crippen molar-refractivity contribution >= 4 is 0 Å². The van der Waals surface area contributed by atoms with Gasteiger partial charge in [0.05, 0.1) is 6.04 Å². The lowest BCUT2D eigenvalue weighted by atomic mass is 10.1. The minimum absolute atomic E-state index is 0.368. The van der Waals surface area contributed by atoms with Gasteiger partial charge in [-0.1, -0.05) is 30.3 Å². The first-order chi connectivity index (χ1) is 10.9. The second-order valence-electron chi connectivity index (χ2n) is 6.30. The average molecular weight is 294 g/mol. The molecule has 2 aliphatic heterocycles. The van der Waals surface area contributed by atoms with Gasteiger partial charge in [-0.15, -0.1) is 0 Å². The smallest absolute Gasteiger partial charge is 0.145 e. The summed E-state index contributed by atoms with van der Waals surface area (Å²) in [6.07, 6.45) is 5.48. The van der Waals surface area contributed by atoms with E-state index < -0.39 is 0 Å². The summed E-state index contributed by atoms with van der Waals surface area (Å²) in [6.45, 7) is 4.14. The molecule has 3 heterocycles. The van der Waals surface area contributed by atoms with Crippen LogP contribution in [-0.4, -0.2) is 28.0 Å². The van der Waals surface area contributed by atoms with Crippen molar-refractivity contribution < 1.29 is 0 Å². The summed E-state index contributed by atoms with van der Waals surface area (Å²) in [7, 11) is 0. The minimum Gasteiger partial charge on any atom is -0.307 e. The van der Waals surface area contributed by atoms with Crippen molar-refractivity contribution in [2.24, 2.45) is 0 Å². The van der Waals surface area contributed by atoms with E-state index in [1.165, 1.54) is 29.7 Å². The van der Waals surface area contributed by atoms with Gasteiger partial charge in [0.25, 0.3) is 0 Å². The summed E-state index contributed by atoms with van der Waals surface area (Å²) in [5.74, 6) is 0.993. The number of hydrogen-bond donors (Lipinski definition) is 1. The topological polar surface area (TPSA) is 41.1 Å². The quantitative estimate of drug-likeness (QED) is 0.944. The summed E-state index contributed by atoms with van der Waals surface area (Å²) in [6, 6.07) is 11.0. The van der Waals surface area contributed by atoms with E-state index in [9.17, 15) is 0 Å². The SMILES string of the molecule is c1ccc(CN2CCc3nc([C@@H]4CCCN4)ncc3C2)cc1. The Balaban J connectivity index is 1.47. The molecule has 0 unspecified atom stereocenters. The van der Waals surface area contributed by atoms with Crippen molar-refractivity contribution in [1.82, 2.24) is 20.2 Å². The summed E-state index contributed by atoms with van der Waals surface area (Å²) in [5.41, 5.74) is 3.92. The second-order valence-corrected chi connectivity index (χ2v) is 6.30. The predicted molar refractivity (Wildman–Crippen MR) is 86.3 cm³/mol. The molecule has 2 aromatic rings. The van der Waals surface area contributed by atoms with E-state index in [2.05, 4.69) is 51.7 Å². The molecule has 1 aromatic heterocycles. The van der Waals surface area contributed by atoms with E-state index in [4.69, 9.17) is 4.98 Å². The number of fused-ring (bicyclic) bond motifs is 1. The molecular formula is C18H22N4. The van der Waals surface area contributed by atoms with Crippen molar-refractivity contribution in [1.29, 1.82) is 0 Å². The molecule has 1 N–H and O–H groups in total. The van der Waals surface area contributed by atoms with Gasteiger partial charge < -0.3 is 5.32 Å². The van der Waals surface area contributed by atoms with E-state index >= 15 is 0 Å². The van der Waals surface area contributed by atoms with Crippen LogP contribution in [0.4, 0.5) is 0 Å². The van der Waals surface area contributed by atoms with Crippen LogP contribution in [0.1, 0.15) is 41.5 Å². The van der Waals surface area contributed by atoms with E-state index in [0.717, 1.165) is 38.4 Å². The maximum Gasteiger partial charge on any atom is 0.145 e. The zero-order chi connectivity index (χ0) is 14.8. The van der Waals surface area contributed by atoms with Crippen LogP contribution in [0.15, 0.2) is 36.5 Å². The van der Waals surface area contributed by atoms with Crippen molar-refractivity contribution in [3.8, 4) is 0 Å². The number of rotatable bonds is 3. The largest absolute Gasteiger partial charge is 0.307 e. The Labute approximate surface area is 131 Å². The van der Waals surface area contributed by atoms with Crippen LogP contribution in [0.3, 0.4) is 0 Å². The molecule has 22 heavy (non-hydrogen) atoms. The third-order valence-electron chi connectivity index (χ3n) is 4.65. The normalized spacial score (nSPS) is 21.7. The Hall–Kier alpha value is -1.78. The molecule has 4 heteroatoms. The number of benzene rings is 1. The Bertz CT molecular complexity index is 635.